The number of nitrogens with one attached hydrogen (secondary N) is 1. The van der Waals surface area contributed by atoms with Gasteiger partial charge in [0.2, 0.25) is 0 Å². The lowest BCUT2D eigenvalue weighted by Gasteiger charge is -2.15. The first-order valence-corrected chi connectivity index (χ1v) is 11.3. The number of hydrogen-bond acceptors (Lipinski definition) is 7. The number of carbonyl (C=O) groups excluding carboxylic acids is 4. The van der Waals surface area contributed by atoms with Gasteiger partial charge in [-0.3, -0.25) is 9.59 Å². The first-order chi connectivity index (χ1) is 16.8. The predicted molar refractivity (Wildman–Crippen MR) is 132 cm³/mol. The Bertz CT molecular complexity index is 1350. The number of amides is 2. The molecule has 0 fully saturated rings. The monoisotopic (exact) mass is 554 g/mol. The van der Waals surface area contributed by atoms with Crippen LogP contribution in [0.5, 0.6) is 5.75 Å². The summed E-state index contributed by atoms with van der Waals surface area (Å²) in [4.78, 5) is 50.4. The average Bonchev–Trinajstić information content (AvgIpc) is 3.08. The van der Waals surface area contributed by atoms with Crippen molar-refractivity contribution in [3.8, 4) is 5.75 Å². The third-order valence-electron chi connectivity index (χ3n) is 4.99. The van der Waals surface area contributed by atoms with Gasteiger partial charge in [0.05, 0.1) is 23.9 Å². The van der Waals surface area contributed by atoms with Gasteiger partial charge >= 0.3 is 11.9 Å². The number of imide groups is 1. The standard InChI is InChI=1S/C25H16BrClN2O6/c1-34-24(32)14-4-12-19(13-5-14)35-25(33)15-2-8-17(9-3-15)28-21-20(27)22(30)29(23(21)31)18-10-6-16(26)7-11-18/h2-13,28H,1H3. The molecule has 3 aromatic carbocycles. The molecule has 1 aliphatic heterocycles. The number of carbonyl (C=O) groups is 4. The van der Waals surface area contributed by atoms with E-state index < -0.39 is 23.8 Å². The van der Waals surface area contributed by atoms with E-state index >= 15 is 0 Å². The van der Waals surface area contributed by atoms with Crippen molar-refractivity contribution in [1.82, 2.24) is 0 Å². The van der Waals surface area contributed by atoms with E-state index in [4.69, 9.17) is 16.3 Å². The minimum Gasteiger partial charge on any atom is -0.465 e. The summed E-state index contributed by atoms with van der Waals surface area (Å²) in [5, 5.41) is 2.61. The van der Waals surface area contributed by atoms with Gasteiger partial charge in [-0.15, -0.1) is 0 Å². The number of hydrogen-bond donors (Lipinski definition) is 1. The number of methoxy groups -OCH3 is 1. The molecule has 1 aliphatic rings. The number of benzene rings is 3. The van der Waals surface area contributed by atoms with Gasteiger partial charge in [0.25, 0.3) is 11.8 Å². The van der Waals surface area contributed by atoms with Gasteiger partial charge in [-0.2, -0.15) is 0 Å². The normalized spacial score (nSPS) is 13.2. The molecule has 0 aromatic heterocycles. The van der Waals surface area contributed by atoms with E-state index in [-0.39, 0.29) is 22.0 Å². The molecular formula is C25H16BrClN2O6. The van der Waals surface area contributed by atoms with Crippen molar-refractivity contribution in [3.63, 3.8) is 0 Å². The second kappa shape index (κ2) is 10.1. The van der Waals surface area contributed by atoms with Gasteiger partial charge < -0.3 is 14.8 Å². The molecule has 1 heterocycles. The fourth-order valence-electron chi connectivity index (χ4n) is 3.21. The highest BCUT2D eigenvalue weighted by atomic mass is 79.9. The zero-order valence-electron chi connectivity index (χ0n) is 18.1. The quantitative estimate of drug-likeness (QED) is 0.262. The molecule has 1 N–H and O–H groups in total. The zero-order valence-corrected chi connectivity index (χ0v) is 20.4. The lowest BCUT2D eigenvalue weighted by molar-refractivity contribution is -0.120. The fraction of sp³-hybridized carbons (Fsp3) is 0.0400. The van der Waals surface area contributed by atoms with Crippen LogP contribution < -0.4 is 15.0 Å². The van der Waals surface area contributed by atoms with Crippen LogP contribution in [0.3, 0.4) is 0 Å². The Hall–Kier alpha value is -3.95. The maximum Gasteiger partial charge on any atom is 0.343 e. The Balaban J connectivity index is 1.43. The van der Waals surface area contributed by atoms with Crippen molar-refractivity contribution < 1.29 is 28.7 Å². The summed E-state index contributed by atoms with van der Waals surface area (Å²) in [6, 6.07) is 18.7. The lowest BCUT2D eigenvalue weighted by Crippen LogP contribution is -2.32. The summed E-state index contributed by atoms with van der Waals surface area (Å²) in [5.74, 6) is -2.09. The first-order valence-electron chi connectivity index (χ1n) is 10.1. The smallest absolute Gasteiger partial charge is 0.343 e. The summed E-state index contributed by atoms with van der Waals surface area (Å²) in [5.41, 5.74) is 1.33. The average molecular weight is 556 g/mol. The van der Waals surface area contributed by atoms with E-state index in [2.05, 4.69) is 26.0 Å². The van der Waals surface area contributed by atoms with E-state index in [1.54, 1.807) is 36.4 Å². The van der Waals surface area contributed by atoms with Crippen LogP contribution in [0, 0.1) is 0 Å². The molecule has 2 amide bonds. The van der Waals surface area contributed by atoms with Crippen LogP contribution in [0.1, 0.15) is 20.7 Å². The minimum atomic E-state index is -0.639. The molecule has 0 unspecified atom stereocenters. The van der Waals surface area contributed by atoms with Gasteiger partial charge in [0.15, 0.2) is 0 Å². The number of nitrogens with zero attached hydrogens (tertiary/aromatic N) is 1. The van der Waals surface area contributed by atoms with Crippen LogP contribution in [-0.2, 0) is 14.3 Å². The maximum absolute atomic E-state index is 12.9. The van der Waals surface area contributed by atoms with Gasteiger partial charge in [-0.1, -0.05) is 27.5 Å². The van der Waals surface area contributed by atoms with Crippen molar-refractivity contribution in [2.24, 2.45) is 0 Å². The van der Waals surface area contributed by atoms with Crippen molar-refractivity contribution in [1.29, 1.82) is 0 Å². The molecule has 10 heteroatoms. The van der Waals surface area contributed by atoms with Crippen molar-refractivity contribution in [3.05, 3.63) is 99.1 Å². The Kier molecular flexibility index (Phi) is 6.99. The number of anilines is 2. The van der Waals surface area contributed by atoms with Crippen molar-refractivity contribution >= 4 is 62.7 Å². The Morgan fingerprint density at radius 3 is 2.00 bits per heavy atom. The molecule has 35 heavy (non-hydrogen) atoms. The van der Waals surface area contributed by atoms with Gasteiger partial charge in [0.1, 0.15) is 16.5 Å². The molecule has 0 atom stereocenters. The summed E-state index contributed by atoms with van der Waals surface area (Å²) in [6.45, 7) is 0. The van der Waals surface area contributed by atoms with Crippen LogP contribution in [0.25, 0.3) is 0 Å². The van der Waals surface area contributed by atoms with Gasteiger partial charge in [-0.25, -0.2) is 14.5 Å². The Morgan fingerprint density at radius 1 is 0.829 bits per heavy atom. The highest BCUT2D eigenvalue weighted by molar-refractivity contribution is 9.10. The van der Waals surface area contributed by atoms with Crippen LogP contribution in [0.4, 0.5) is 11.4 Å². The van der Waals surface area contributed by atoms with Crippen molar-refractivity contribution in [2.75, 3.05) is 17.3 Å². The molecule has 0 bridgehead atoms. The Labute approximate surface area is 213 Å². The molecule has 3 aromatic rings. The van der Waals surface area contributed by atoms with Gasteiger partial charge in [-0.05, 0) is 72.8 Å². The molecule has 0 saturated carbocycles. The molecule has 0 radical (unpaired) electrons. The van der Waals surface area contributed by atoms with E-state index in [0.717, 1.165) is 9.37 Å². The molecular weight excluding hydrogens is 540 g/mol. The van der Waals surface area contributed by atoms with Crippen molar-refractivity contribution in [2.45, 2.75) is 0 Å². The molecule has 4 rings (SSSR count). The van der Waals surface area contributed by atoms with Crippen LogP contribution >= 0.6 is 27.5 Å². The van der Waals surface area contributed by atoms with E-state index in [1.807, 2.05) is 0 Å². The van der Waals surface area contributed by atoms with Crippen LogP contribution in [0.15, 0.2) is 88.0 Å². The van der Waals surface area contributed by atoms with Crippen LogP contribution in [-0.4, -0.2) is 30.9 Å². The lowest BCUT2D eigenvalue weighted by atomic mass is 10.2. The summed E-state index contributed by atoms with van der Waals surface area (Å²) in [6.07, 6.45) is 0. The topological polar surface area (TPSA) is 102 Å². The second-order valence-electron chi connectivity index (χ2n) is 7.22. The summed E-state index contributed by atoms with van der Waals surface area (Å²) >= 11 is 9.46. The molecule has 0 aliphatic carbocycles. The van der Waals surface area contributed by atoms with Crippen LogP contribution in [0.2, 0.25) is 0 Å². The van der Waals surface area contributed by atoms with E-state index in [9.17, 15) is 19.2 Å². The molecule has 8 nitrogen and oxygen atoms in total. The SMILES string of the molecule is COC(=O)c1ccc(OC(=O)c2ccc(NC3=C(Cl)C(=O)N(c4ccc(Br)cc4)C3=O)cc2)cc1. The summed E-state index contributed by atoms with van der Waals surface area (Å²) < 4.78 is 10.7. The maximum atomic E-state index is 12.9. The summed E-state index contributed by atoms with van der Waals surface area (Å²) in [7, 11) is 1.28. The highest BCUT2D eigenvalue weighted by Crippen LogP contribution is 2.31. The molecule has 0 saturated heterocycles. The number of ether oxygens (including phenoxy) is 2. The second-order valence-corrected chi connectivity index (χ2v) is 8.51. The highest BCUT2D eigenvalue weighted by Gasteiger charge is 2.38. The predicted octanol–water partition coefficient (Wildman–Crippen LogP) is 4.89. The number of esters is 2. The molecule has 176 valence electrons. The zero-order chi connectivity index (χ0) is 25.1. The van der Waals surface area contributed by atoms with E-state index in [1.165, 1.54) is 43.5 Å². The minimum absolute atomic E-state index is 0.0689. The fourth-order valence-corrected chi connectivity index (χ4v) is 3.69. The first kappa shape index (κ1) is 24.2. The molecule has 0 spiro atoms. The number of rotatable bonds is 6. The Morgan fingerprint density at radius 2 is 1.40 bits per heavy atom. The van der Waals surface area contributed by atoms with Gasteiger partial charge in [0, 0.05) is 10.2 Å². The van der Waals surface area contributed by atoms with E-state index in [0.29, 0.717) is 16.9 Å². The largest absolute Gasteiger partial charge is 0.465 e. The third-order valence-corrected chi connectivity index (χ3v) is 5.87. The number of halogens is 2. The third kappa shape index (κ3) is 5.11.